The third-order valence-electron chi connectivity index (χ3n) is 2.84. The summed E-state index contributed by atoms with van der Waals surface area (Å²) in [7, 11) is 1.74. The van der Waals surface area contributed by atoms with Crippen LogP contribution in [-0.4, -0.2) is 32.1 Å². The Morgan fingerprint density at radius 1 is 1.71 bits per heavy atom. The van der Waals surface area contributed by atoms with Gasteiger partial charge in [-0.3, -0.25) is 9.48 Å². The predicted octanol–water partition coefficient (Wildman–Crippen LogP) is -0.103. The minimum Gasteiger partial charge on any atom is -0.481 e. The molecule has 0 radical (unpaired) electrons. The molecule has 5 nitrogen and oxygen atoms in total. The first-order valence-electron chi connectivity index (χ1n) is 4.45. The number of aliphatic hydroxyl groups excluding tert-OH is 1. The molecule has 0 bridgehead atoms. The SMILES string of the molecule is Cn1cc(C2(C(=O)O)CC(O)C2)cn1. The van der Waals surface area contributed by atoms with Gasteiger partial charge in [0, 0.05) is 18.8 Å². The highest BCUT2D eigenvalue weighted by Crippen LogP contribution is 2.43. The van der Waals surface area contributed by atoms with Gasteiger partial charge in [-0.15, -0.1) is 0 Å². The normalized spacial score (nSPS) is 31.1. The predicted molar refractivity (Wildman–Crippen MR) is 47.8 cm³/mol. The average molecular weight is 196 g/mol. The van der Waals surface area contributed by atoms with Crippen LogP contribution in [-0.2, 0) is 17.3 Å². The number of aliphatic carboxylic acids is 1. The van der Waals surface area contributed by atoms with Gasteiger partial charge >= 0.3 is 5.97 Å². The zero-order valence-electron chi connectivity index (χ0n) is 7.84. The van der Waals surface area contributed by atoms with Crippen LogP contribution in [0.3, 0.4) is 0 Å². The molecule has 1 saturated carbocycles. The molecule has 1 fully saturated rings. The summed E-state index contributed by atoms with van der Waals surface area (Å²) in [5.41, 5.74) is -0.231. The zero-order chi connectivity index (χ0) is 10.3. The van der Waals surface area contributed by atoms with Crippen LogP contribution in [0.4, 0.5) is 0 Å². The van der Waals surface area contributed by atoms with Gasteiger partial charge in [-0.05, 0) is 12.8 Å². The second-order valence-electron chi connectivity index (χ2n) is 3.85. The summed E-state index contributed by atoms with van der Waals surface area (Å²) in [6, 6.07) is 0. The first-order chi connectivity index (χ1) is 6.54. The molecule has 0 unspecified atom stereocenters. The monoisotopic (exact) mass is 196 g/mol. The van der Waals surface area contributed by atoms with Gasteiger partial charge in [0.2, 0.25) is 0 Å². The van der Waals surface area contributed by atoms with Gasteiger partial charge in [-0.25, -0.2) is 0 Å². The minimum atomic E-state index is -0.909. The highest BCUT2D eigenvalue weighted by molar-refractivity contribution is 5.82. The van der Waals surface area contributed by atoms with E-state index in [9.17, 15) is 9.90 Å². The summed E-state index contributed by atoms with van der Waals surface area (Å²) >= 11 is 0. The molecule has 1 heterocycles. The highest BCUT2D eigenvalue weighted by atomic mass is 16.4. The molecule has 76 valence electrons. The second-order valence-corrected chi connectivity index (χ2v) is 3.85. The molecule has 0 aliphatic heterocycles. The van der Waals surface area contributed by atoms with E-state index in [0.717, 1.165) is 0 Å². The Bertz CT molecular complexity index is 366. The molecular weight excluding hydrogens is 184 g/mol. The van der Waals surface area contributed by atoms with Gasteiger partial charge in [0.1, 0.15) is 5.41 Å². The molecule has 14 heavy (non-hydrogen) atoms. The maximum atomic E-state index is 11.1. The van der Waals surface area contributed by atoms with Crippen LogP contribution < -0.4 is 0 Å². The summed E-state index contributed by atoms with van der Waals surface area (Å²) in [5, 5.41) is 22.3. The number of aryl methyl sites for hydroxylation is 1. The summed E-state index contributed by atoms with van der Waals surface area (Å²) in [5.74, 6) is -0.879. The summed E-state index contributed by atoms with van der Waals surface area (Å²) in [6.07, 6.45) is 3.33. The third-order valence-corrected chi connectivity index (χ3v) is 2.84. The molecule has 2 rings (SSSR count). The lowest BCUT2D eigenvalue weighted by atomic mass is 9.63. The second kappa shape index (κ2) is 2.81. The Balaban J connectivity index is 2.34. The number of carboxylic acid groups (broad SMARTS) is 1. The molecule has 1 aliphatic carbocycles. The number of nitrogens with zero attached hydrogens (tertiary/aromatic N) is 2. The molecular formula is C9H12N2O3. The molecule has 1 aliphatic rings. The zero-order valence-corrected chi connectivity index (χ0v) is 7.84. The van der Waals surface area contributed by atoms with E-state index < -0.39 is 17.5 Å². The molecule has 0 spiro atoms. The van der Waals surface area contributed by atoms with Crippen molar-refractivity contribution in [1.29, 1.82) is 0 Å². The van der Waals surface area contributed by atoms with Crippen molar-refractivity contribution >= 4 is 5.97 Å². The van der Waals surface area contributed by atoms with Crippen LogP contribution in [0.1, 0.15) is 18.4 Å². The van der Waals surface area contributed by atoms with E-state index in [0.29, 0.717) is 5.56 Å². The number of carboxylic acids is 1. The van der Waals surface area contributed by atoms with Gasteiger partial charge in [0.25, 0.3) is 0 Å². The number of carbonyl (C=O) groups is 1. The summed E-state index contributed by atoms with van der Waals surface area (Å²) in [6.45, 7) is 0. The third kappa shape index (κ3) is 1.13. The van der Waals surface area contributed by atoms with Crippen molar-refractivity contribution in [2.45, 2.75) is 24.4 Å². The Labute approximate surface area is 81.0 Å². The van der Waals surface area contributed by atoms with E-state index in [2.05, 4.69) is 5.10 Å². The maximum absolute atomic E-state index is 11.1. The molecule has 0 aromatic carbocycles. The summed E-state index contributed by atoms with van der Waals surface area (Å²) < 4.78 is 1.57. The van der Waals surface area contributed by atoms with Crippen molar-refractivity contribution in [2.75, 3.05) is 0 Å². The fourth-order valence-corrected chi connectivity index (χ4v) is 1.95. The van der Waals surface area contributed by atoms with Crippen LogP contribution in [0, 0.1) is 0 Å². The van der Waals surface area contributed by atoms with Crippen molar-refractivity contribution in [3.63, 3.8) is 0 Å². The van der Waals surface area contributed by atoms with Crippen LogP contribution in [0.2, 0.25) is 0 Å². The van der Waals surface area contributed by atoms with E-state index in [4.69, 9.17) is 5.11 Å². The number of hydrogen-bond acceptors (Lipinski definition) is 3. The molecule has 1 aromatic heterocycles. The fraction of sp³-hybridized carbons (Fsp3) is 0.556. The van der Waals surface area contributed by atoms with Crippen LogP contribution in [0.25, 0.3) is 0 Å². The largest absolute Gasteiger partial charge is 0.481 e. The van der Waals surface area contributed by atoms with Crippen molar-refractivity contribution in [2.24, 2.45) is 7.05 Å². The first-order valence-corrected chi connectivity index (χ1v) is 4.45. The Kier molecular flexibility index (Phi) is 1.85. The maximum Gasteiger partial charge on any atom is 0.314 e. The van der Waals surface area contributed by atoms with Crippen molar-refractivity contribution in [3.05, 3.63) is 18.0 Å². The van der Waals surface area contributed by atoms with E-state index in [1.165, 1.54) is 0 Å². The lowest BCUT2D eigenvalue weighted by Crippen LogP contribution is -2.50. The van der Waals surface area contributed by atoms with Gasteiger partial charge in [-0.1, -0.05) is 0 Å². The van der Waals surface area contributed by atoms with Gasteiger partial charge in [0.15, 0.2) is 0 Å². The van der Waals surface area contributed by atoms with Gasteiger partial charge < -0.3 is 10.2 Å². The van der Waals surface area contributed by atoms with Crippen LogP contribution in [0.15, 0.2) is 12.4 Å². The average Bonchev–Trinajstić information content (AvgIpc) is 2.45. The highest BCUT2D eigenvalue weighted by Gasteiger charge is 2.52. The molecule has 0 saturated heterocycles. The van der Waals surface area contributed by atoms with E-state index in [1.807, 2.05) is 0 Å². The fourth-order valence-electron chi connectivity index (χ4n) is 1.95. The molecule has 0 amide bonds. The minimum absolute atomic E-state index is 0.286. The standard InChI is InChI=1S/C9H12N2O3/c1-11-5-6(4-10-11)9(8(13)14)2-7(12)3-9/h4-5,7,12H,2-3H2,1H3,(H,13,14). The topological polar surface area (TPSA) is 75.4 Å². The van der Waals surface area contributed by atoms with Crippen molar-refractivity contribution in [3.8, 4) is 0 Å². The molecule has 1 aromatic rings. The molecule has 2 N–H and O–H groups in total. The Morgan fingerprint density at radius 3 is 2.71 bits per heavy atom. The summed E-state index contributed by atoms with van der Waals surface area (Å²) in [4.78, 5) is 11.1. The van der Waals surface area contributed by atoms with Crippen LogP contribution in [0.5, 0.6) is 0 Å². The van der Waals surface area contributed by atoms with Gasteiger partial charge in [0.05, 0.1) is 12.3 Å². The van der Waals surface area contributed by atoms with Crippen molar-refractivity contribution in [1.82, 2.24) is 9.78 Å². The van der Waals surface area contributed by atoms with E-state index >= 15 is 0 Å². The Morgan fingerprint density at radius 2 is 2.36 bits per heavy atom. The van der Waals surface area contributed by atoms with Crippen molar-refractivity contribution < 1.29 is 15.0 Å². The number of aliphatic hydroxyl groups is 1. The molecule has 0 atom stereocenters. The van der Waals surface area contributed by atoms with E-state index in [-0.39, 0.29) is 12.8 Å². The number of rotatable bonds is 2. The smallest absolute Gasteiger partial charge is 0.314 e. The lowest BCUT2D eigenvalue weighted by molar-refractivity contribution is -0.152. The van der Waals surface area contributed by atoms with Gasteiger partial charge in [-0.2, -0.15) is 5.10 Å². The number of hydrogen-bond donors (Lipinski definition) is 2. The Hall–Kier alpha value is -1.36. The van der Waals surface area contributed by atoms with Crippen LogP contribution >= 0.6 is 0 Å². The van der Waals surface area contributed by atoms with E-state index in [1.54, 1.807) is 24.1 Å². The molecule has 5 heteroatoms. The quantitative estimate of drug-likeness (QED) is 0.692. The number of aromatic nitrogens is 2. The first kappa shape index (κ1) is 9.21. The lowest BCUT2D eigenvalue weighted by Gasteiger charge is -2.40.